The summed E-state index contributed by atoms with van der Waals surface area (Å²) in [5.74, 6) is -0.346. The van der Waals surface area contributed by atoms with E-state index in [9.17, 15) is 4.39 Å². The van der Waals surface area contributed by atoms with Crippen LogP contribution < -0.4 is 0 Å². The van der Waals surface area contributed by atoms with Crippen LogP contribution in [0.1, 0.15) is 0 Å². The van der Waals surface area contributed by atoms with Gasteiger partial charge in [0.05, 0.1) is 11.9 Å². The van der Waals surface area contributed by atoms with Crippen molar-refractivity contribution in [1.29, 1.82) is 0 Å². The van der Waals surface area contributed by atoms with Crippen molar-refractivity contribution in [3.05, 3.63) is 42.3 Å². The third kappa shape index (κ3) is 1.38. The first-order chi connectivity index (χ1) is 6.27. The van der Waals surface area contributed by atoms with Crippen molar-refractivity contribution in [1.82, 2.24) is 9.94 Å². The number of rotatable bonds is 1. The van der Waals surface area contributed by atoms with E-state index >= 15 is 0 Å². The van der Waals surface area contributed by atoms with Gasteiger partial charge in [-0.1, -0.05) is 12.1 Å². The fraction of sp³-hybridized carbons (Fsp3) is 0. The van der Waals surface area contributed by atoms with Gasteiger partial charge in [-0.15, -0.1) is 9.94 Å². The van der Waals surface area contributed by atoms with Crippen molar-refractivity contribution in [2.75, 3.05) is 0 Å². The standard InChI is InChI=1S/C9H7FN2O/c10-8-4-2-1-3-7(8)9-5-6-12(13)11-9/h1-6,13H. The molecule has 0 saturated carbocycles. The largest absolute Gasteiger partial charge is 0.412 e. The molecular formula is C9H7FN2O. The van der Waals surface area contributed by atoms with Gasteiger partial charge in [0.2, 0.25) is 0 Å². The quantitative estimate of drug-likeness (QED) is 0.677. The Bertz CT molecular complexity index is 425. The highest BCUT2D eigenvalue weighted by atomic mass is 19.1. The Kier molecular flexibility index (Phi) is 1.73. The molecule has 1 N–H and O–H groups in total. The molecule has 13 heavy (non-hydrogen) atoms. The number of hydrogen-bond acceptors (Lipinski definition) is 2. The maximum atomic E-state index is 13.2. The van der Waals surface area contributed by atoms with E-state index in [0.29, 0.717) is 16.1 Å². The molecule has 4 heteroatoms. The number of hydrogen-bond donors (Lipinski definition) is 1. The third-order valence-corrected chi connectivity index (χ3v) is 1.73. The molecule has 0 atom stereocenters. The summed E-state index contributed by atoms with van der Waals surface area (Å²) in [6.45, 7) is 0. The Morgan fingerprint density at radius 3 is 2.62 bits per heavy atom. The van der Waals surface area contributed by atoms with Crippen LogP contribution in [0.4, 0.5) is 4.39 Å². The fourth-order valence-corrected chi connectivity index (χ4v) is 1.13. The van der Waals surface area contributed by atoms with E-state index in [2.05, 4.69) is 5.10 Å². The summed E-state index contributed by atoms with van der Waals surface area (Å²) < 4.78 is 13.2. The van der Waals surface area contributed by atoms with Crippen LogP contribution in [-0.2, 0) is 0 Å². The molecule has 66 valence electrons. The van der Waals surface area contributed by atoms with Crippen LogP contribution in [0.25, 0.3) is 11.3 Å². The normalized spacial score (nSPS) is 10.2. The molecule has 0 saturated heterocycles. The van der Waals surface area contributed by atoms with Gasteiger partial charge in [-0.05, 0) is 18.2 Å². The van der Waals surface area contributed by atoms with Gasteiger partial charge in [0.25, 0.3) is 0 Å². The maximum Gasteiger partial charge on any atom is 0.132 e. The maximum absolute atomic E-state index is 13.2. The Balaban J connectivity index is 2.52. The molecule has 0 aliphatic heterocycles. The van der Waals surface area contributed by atoms with Gasteiger partial charge in [0.15, 0.2) is 0 Å². The molecule has 0 amide bonds. The van der Waals surface area contributed by atoms with Crippen molar-refractivity contribution in [3.63, 3.8) is 0 Å². The van der Waals surface area contributed by atoms with Crippen molar-refractivity contribution in [2.24, 2.45) is 0 Å². The summed E-state index contributed by atoms with van der Waals surface area (Å²) in [4.78, 5) is 0.655. The number of halogens is 1. The zero-order valence-electron chi connectivity index (χ0n) is 6.68. The van der Waals surface area contributed by atoms with Crippen molar-refractivity contribution < 1.29 is 9.60 Å². The molecule has 1 heterocycles. The van der Waals surface area contributed by atoms with Gasteiger partial charge in [-0.3, -0.25) is 0 Å². The first kappa shape index (κ1) is 7.79. The van der Waals surface area contributed by atoms with E-state index in [1.165, 1.54) is 12.3 Å². The van der Waals surface area contributed by atoms with Crippen molar-refractivity contribution >= 4 is 0 Å². The summed E-state index contributed by atoms with van der Waals surface area (Å²) in [6, 6.07) is 7.82. The monoisotopic (exact) mass is 178 g/mol. The minimum Gasteiger partial charge on any atom is -0.412 e. The average Bonchev–Trinajstić information content (AvgIpc) is 2.53. The minimum absolute atomic E-state index is 0.346. The number of benzene rings is 1. The van der Waals surface area contributed by atoms with Crippen LogP contribution in [0.5, 0.6) is 0 Å². The number of aromatic nitrogens is 2. The van der Waals surface area contributed by atoms with Gasteiger partial charge < -0.3 is 5.21 Å². The SMILES string of the molecule is On1ccc(-c2ccccc2F)n1. The molecule has 2 aromatic rings. The molecule has 1 aromatic carbocycles. The van der Waals surface area contributed by atoms with E-state index in [1.807, 2.05) is 0 Å². The van der Waals surface area contributed by atoms with E-state index in [-0.39, 0.29) is 5.82 Å². The first-order valence-electron chi connectivity index (χ1n) is 3.77. The van der Waals surface area contributed by atoms with Crippen LogP contribution in [0, 0.1) is 5.82 Å². The van der Waals surface area contributed by atoms with Crippen LogP contribution in [0.2, 0.25) is 0 Å². The predicted octanol–water partition coefficient (Wildman–Crippen LogP) is 1.93. The van der Waals surface area contributed by atoms with E-state index in [4.69, 9.17) is 5.21 Å². The molecule has 0 bridgehead atoms. The summed E-state index contributed by atoms with van der Waals surface area (Å²) in [7, 11) is 0. The van der Waals surface area contributed by atoms with Crippen LogP contribution in [0.15, 0.2) is 36.5 Å². The Hall–Kier alpha value is -1.84. The Morgan fingerprint density at radius 2 is 2.00 bits per heavy atom. The summed E-state index contributed by atoms with van der Waals surface area (Å²) in [5, 5.41) is 12.6. The molecule has 0 radical (unpaired) electrons. The summed E-state index contributed by atoms with van der Waals surface area (Å²) in [5.41, 5.74) is 0.802. The van der Waals surface area contributed by atoms with Gasteiger partial charge in [0.1, 0.15) is 5.82 Å². The third-order valence-electron chi connectivity index (χ3n) is 1.73. The van der Waals surface area contributed by atoms with Gasteiger partial charge in [-0.25, -0.2) is 4.39 Å². The molecule has 0 spiro atoms. The van der Waals surface area contributed by atoms with Crippen molar-refractivity contribution in [2.45, 2.75) is 0 Å². The minimum atomic E-state index is -0.346. The van der Waals surface area contributed by atoms with Gasteiger partial charge in [0, 0.05) is 5.56 Å². The van der Waals surface area contributed by atoms with E-state index in [1.54, 1.807) is 24.3 Å². The van der Waals surface area contributed by atoms with Gasteiger partial charge in [-0.2, -0.15) is 0 Å². The zero-order valence-corrected chi connectivity index (χ0v) is 6.68. The second-order valence-corrected chi connectivity index (χ2v) is 2.60. The summed E-state index contributed by atoms with van der Waals surface area (Å²) in [6.07, 6.45) is 1.35. The highest BCUT2D eigenvalue weighted by Crippen LogP contribution is 2.19. The van der Waals surface area contributed by atoms with Crippen molar-refractivity contribution in [3.8, 4) is 11.3 Å². The molecule has 0 fully saturated rings. The lowest BCUT2D eigenvalue weighted by Gasteiger charge is -1.96. The molecule has 3 nitrogen and oxygen atoms in total. The summed E-state index contributed by atoms with van der Waals surface area (Å²) >= 11 is 0. The zero-order chi connectivity index (χ0) is 9.26. The lowest BCUT2D eigenvalue weighted by molar-refractivity contribution is 0.149. The molecule has 2 rings (SSSR count). The highest BCUT2D eigenvalue weighted by molar-refractivity contribution is 5.58. The second-order valence-electron chi connectivity index (χ2n) is 2.60. The second kappa shape index (κ2) is 2.90. The Labute approximate surface area is 74.0 Å². The molecule has 0 unspecified atom stereocenters. The fourth-order valence-electron chi connectivity index (χ4n) is 1.13. The van der Waals surface area contributed by atoms with Crippen LogP contribution in [-0.4, -0.2) is 15.2 Å². The topological polar surface area (TPSA) is 38.0 Å². The average molecular weight is 178 g/mol. The van der Waals surface area contributed by atoms with Crippen LogP contribution in [0.3, 0.4) is 0 Å². The predicted molar refractivity (Wildman–Crippen MR) is 44.8 cm³/mol. The van der Waals surface area contributed by atoms with E-state index < -0.39 is 0 Å². The molecular weight excluding hydrogens is 171 g/mol. The lowest BCUT2D eigenvalue weighted by Crippen LogP contribution is -1.90. The van der Waals surface area contributed by atoms with E-state index in [0.717, 1.165) is 0 Å². The molecule has 1 aromatic heterocycles. The highest BCUT2D eigenvalue weighted by Gasteiger charge is 2.06. The first-order valence-corrected chi connectivity index (χ1v) is 3.77. The molecule has 0 aliphatic carbocycles. The smallest absolute Gasteiger partial charge is 0.132 e. The Morgan fingerprint density at radius 1 is 1.23 bits per heavy atom. The van der Waals surface area contributed by atoms with Crippen LogP contribution >= 0.6 is 0 Å². The molecule has 0 aliphatic rings. The van der Waals surface area contributed by atoms with Gasteiger partial charge >= 0.3 is 0 Å². The number of nitrogens with zero attached hydrogens (tertiary/aromatic N) is 2. The lowest BCUT2D eigenvalue weighted by atomic mass is 10.1.